The van der Waals surface area contributed by atoms with Crippen molar-refractivity contribution in [2.75, 3.05) is 39.6 Å². The standard InChI is InChI=1S/C41H72O15P2/c1-3-5-7-9-11-13-15-16-17-18-20-22-24-26-28-30-41(46)52-32-38(43)34-54-58(49,50)56-36-39(44)35-55-57(47,48)53-33-37(42)31-51-40(45)29-27-25-23-21-19-14-12-10-8-6-4-2/h5,7,9,11,13,15-18,20,37-39,42-44H,3-4,6,8,10,12,14,19,21-36H2,1-2H3,(H,47,48)(H,49,50)/b7-5+,11-9+,15-13-,17-16-,20-18+. The molecule has 0 bridgehead atoms. The second-order valence-corrected chi connectivity index (χ2v) is 16.7. The highest BCUT2D eigenvalue weighted by molar-refractivity contribution is 7.47. The molecule has 0 aromatic heterocycles. The Hall–Kier alpha value is -2.26. The molecule has 0 rings (SSSR count). The number of hydrogen-bond donors (Lipinski definition) is 5. The average Bonchev–Trinajstić information content (AvgIpc) is 3.19. The summed E-state index contributed by atoms with van der Waals surface area (Å²) in [6.07, 6.45) is 32.3. The molecule has 5 atom stereocenters. The summed E-state index contributed by atoms with van der Waals surface area (Å²) < 4.78 is 52.7. The molecule has 0 aliphatic heterocycles. The maximum atomic E-state index is 12.1. The van der Waals surface area contributed by atoms with Crippen molar-refractivity contribution in [1.29, 1.82) is 0 Å². The number of ether oxygens (including phenoxy) is 2. The molecule has 0 aliphatic rings. The molecule has 0 saturated carbocycles. The Kier molecular flexibility index (Phi) is 36.2. The van der Waals surface area contributed by atoms with E-state index in [2.05, 4.69) is 38.0 Å². The molecule has 5 N–H and O–H groups in total. The molecule has 336 valence electrons. The van der Waals surface area contributed by atoms with E-state index < -0.39 is 85.5 Å². The second-order valence-electron chi connectivity index (χ2n) is 13.8. The van der Waals surface area contributed by atoms with E-state index in [1.54, 1.807) is 0 Å². The molecule has 58 heavy (non-hydrogen) atoms. The quantitative estimate of drug-likeness (QED) is 0.0170. The molecule has 0 radical (unpaired) electrons. The molecule has 17 heteroatoms. The summed E-state index contributed by atoms with van der Waals surface area (Å²) in [5, 5.41) is 29.9. The first kappa shape index (κ1) is 55.7. The summed E-state index contributed by atoms with van der Waals surface area (Å²) in [5.41, 5.74) is 0. The number of unbranched alkanes of at least 4 members (excludes halogenated alkanes) is 13. The maximum Gasteiger partial charge on any atom is 0.472 e. The van der Waals surface area contributed by atoms with Crippen molar-refractivity contribution in [3.8, 4) is 0 Å². The van der Waals surface area contributed by atoms with Gasteiger partial charge in [-0.2, -0.15) is 0 Å². The molecule has 0 aliphatic carbocycles. The van der Waals surface area contributed by atoms with E-state index in [4.69, 9.17) is 9.47 Å². The first-order valence-corrected chi connectivity index (χ1v) is 23.7. The van der Waals surface area contributed by atoms with Gasteiger partial charge in [-0.15, -0.1) is 0 Å². The van der Waals surface area contributed by atoms with Crippen molar-refractivity contribution >= 4 is 27.6 Å². The Morgan fingerprint density at radius 3 is 1.19 bits per heavy atom. The summed E-state index contributed by atoms with van der Waals surface area (Å²) in [6, 6.07) is 0. The van der Waals surface area contributed by atoms with E-state index in [0.29, 0.717) is 12.8 Å². The van der Waals surface area contributed by atoms with Crippen LogP contribution in [0.5, 0.6) is 0 Å². The highest BCUT2D eigenvalue weighted by atomic mass is 31.2. The van der Waals surface area contributed by atoms with Gasteiger partial charge in [-0.25, -0.2) is 9.13 Å². The molecule has 0 saturated heterocycles. The van der Waals surface area contributed by atoms with Gasteiger partial charge in [0, 0.05) is 12.8 Å². The first-order valence-electron chi connectivity index (χ1n) is 20.7. The van der Waals surface area contributed by atoms with Gasteiger partial charge in [0.05, 0.1) is 26.4 Å². The van der Waals surface area contributed by atoms with Gasteiger partial charge in [-0.3, -0.25) is 27.7 Å². The number of rotatable bonds is 39. The number of aliphatic hydroxyl groups excluding tert-OH is 3. The van der Waals surface area contributed by atoms with Crippen molar-refractivity contribution < 1.29 is 71.4 Å². The van der Waals surface area contributed by atoms with Crippen LogP contribution in [0.4, 0.5) is 0 Å². The number of allylic oxidation sites excluding steroid dienone is 10. The zero-order valence-electron chi connectivity index (χ0n) is 34.7. The van der Waals surface area contributed by atoms with Gasteiger partial charge in [0.2, 0.25) is 0 Å². The van der Waals surface area contributed by atoms with Crippen LogP contribution in [-0.2, 0) is 46.3 Å². The molecule has 0 amide bonds. The minimum atomic E-state index is -4.79. The second kappa shape index (κ2) is 37.7. The Bertz CT molecular complexity index is 1280. The van der Waals surface area contributed by atoms with E-state index in [0.717, 1.165) is 44.9 Å². The molecular formula is C41H72O15P2. The van der Waals surface area contributed by atoms with Crippen molar-refractivity contribution in [3.05, 3.63) is 60.8 Å². The predicted molar refractivity (Wildman–Crippen MR) is 224 cm³/mol. The Morgan fingerprint density at radius 1 is 0.466 bits per heavy atom. The van der Waals surface area contributed by atoms with Gasteiger partial charge in [0.1, 0.15) is 31.5 Å². The number of esters is 2. The van der Waals surface area contributed by atoms with Crippen molar-refractivity contribution in [2.45, 2.75) is 148 Å². The van der Waals surface area contributed by atoms with Gasteiger partial charge in [-0.05, 0) is 32.1 Å². The molecule has 0 aromatic rings. The zero-order valence-corrected chi connectivity index (χ0v) is 36.5. The van der Waals surface area contributed by atoms with Gasteiger partial charge in [0.15, 0.2) is 0 Å². The van der Waals surface area contributed by atoms with Crippen LogP contribution in [0.15, 0.2) is 60.8 Å². The first-order chi connectivity index (χ1) is 27.8. The third-order valence-electron chi connectivity index (χ3n) is 8.12. The maximum absolute atomic E-state index is 12.1. The van der Waals surface area contributed by atoms with Crippen LogP contribution in [0.1, 0.15) is 129 Å². The van der Waals surface area contributed by atoms with E-state index in [-0.39, 0.29) is 12.8 Å². The van der Waals surface area contributed by atoms with Crippen LogP contribution in [0.3, 0.4) is 0 Å². The number of hydrogen-bond acceptors (Lipinski definition) is 13. The van der Waals surface area contributed by atoms with Gasteiger partial charge >= 0.3 is 27.6 Å². The summed E-state index contributed by atoms with van der Waals surface area (Å²) in [5.74, 6) is -1.04. The lowest BCUT2D eigenvalue weighted by Crippen LogP contribution is -2.25. The molecular weight excluding hydrogens is 794 g/mol. The SMILES string of the molecule is CC/C=C/C=C/C=C\C=C/C=C/CCCCCC(=O)OCC(O)COP(=O)(O)OCC(O)COP(=O)(O)OCC(O)COC(=O)CCCCCCCCCCCCC. The molecule has 0 fully saturated rings. The lowest BCUT2D eigenvalue weighted by atomic mass is 10.1. The topological polar surface area (TPSA) is 225 Å². The number of carbonyl (C=O) groups is 2. The van der Waals surface area contributed by atoms with Gasteiger partial charge in [-0.1, -0.05) is 145 Å². The van der Waals surface area contributed by atoms with Gasteiger partial charge < -0.3 is 34.6 Å². The Morgan fingerprint density at radius 2 is 0.793 bits per heavy atom. The number of phosphoric acid groups is 2. The zero-order chi connectivity index (χ0) is 43.2. The van der Waals surface area contributed by atoms with Crippen LogP contribution in [0.25, 0.3) is 0 Å². The average molecular weight is 867 g/mol. The number of phosphoric ester groups is 2. The highest BCUT2D eigenvalue weighted by Crippen LogP contribution is 2.45. The summed E-state index contributed by atoms with van der Waals surface area (Å²) in [7, 11) is -9.57. The summed E-state index contributed by atoms with van der Waals surface area (Å²) in [6.45, 7) is 0.177. The van der Waals surface area contributed by atoms with Crippen molar-refractivity contribution in [3.63, 3.8) is 0 Å². The van der Waals surface area contributed by atoms with E-state index >= 15 is 0 Å². The fourth-order valence-corrected chi connectivity index (χ4v) is 6.47. The van der Waals surface area contributed by atoms with E-state index in [1.165, 1.54) is 44.9 Å². The number of aliphatic hydroxyl groups is 3. The van der Waals surface area contributed by atoms with Crippen molar-refractivity contribution in [2.24, 2.45) is 0 Å². The van der Waals surface area contributed by atoms with Gasteiger partial charge in [0.25, 0.3) is 0 Å². The third kappa shape index (κ3) is 39.2. The highest BCUT2D eigenvalue weighted by Gasteiger charge is 2.28. The Labute approximate surface area is 346 Å². The van der Waals surface area contributed by atoms with Crippen molar-refractivity contribution in [1.82, 2.24) is 0 Å². The minimum absolute atomic E-state index is 0.145. The van der Waals surface area contributed by atoms with Crippen LogP contribution < -0.4 is 0 Å². The van der Waals surface area contributed by atoms with E-state index in [9.17, 15) is 43.8 Å². The Balaban J connectivity index is 4.01. The largest absolute Gasteiger partial charge is 0.472 e. The normalized spacial score (nSPS) is 16.1. The summed E-state index contributed by atoms with van der Waals surface area (Å²) in [4.78, 5) is 43.5. The smallest absolute Gasteiger partial charge is 0.463 e. The fraction of sp³-hybridized carbons (Fsp3) is 0.707. The molecule has 15 nitrogen and oxygen atoms in total. The number of carbonyl (C=O) groups excluding carboxylic acids is 2. The lowest BCUT2D eigenvalue weighted by Gasteiger charge is -2.19. The fourth-order valence-electron chi connectivity index (χ4n) is 4.88. The third-order valence-corrected chi connectivity index (χ3v) is 10.0. The minimum Gasteiger partial charge on any atom is -0.463 e. The van der Waals surface area contributed by atoms with Crippen LogP contribution in [-0.4, -0.2) is 95.0 Å². The van der Waals surface area contributed by atoms with E-state index in [1.807, 2.05) is 54.7 Å². The molecule has 5 unspecified atom stereocenters. The predicted octanol–water partition coefficient (Wildman–Crippen LogP) is 8.27. The lowest BCUT2D eigenvalue weighted by molar-refractivity contribution is -0.148. The van der Waals surface area contributed by atoms with Crippen LogP contribution in [0.2, 0.25) is 0 Å². The van der Waals surface area contributed by atoms with Crippen LogP contribution in [0, 0.1) is 0 Å². The summed E-state index contributed by atoms with van der Waals surface area (Å²) >= 11 is 0. The molecule has 0 aromatic carbocycles. The monoisotopic (exact) mass is 866 g/mol. The molecule has 0 spiro atoms. The van der Waals surface area contributed by atoms with Crippen LogP contribution >= 0.6 is 15.6 Å². The molecule has 0 heterocycles.